The van der Waals surface area contributed by atoms with Gasteiger partial charge in [-0.2, -0.15) is 4.98 Å². The summed E-state index contributed by atoms with van der Waals surface area (Å²) in [7, 11) is -3.25. The van der Waals surface area contributed by atoms with Crippen LogP contribution < -0.4 is 4.90 Å². The van der Waals surface area contributed by atoms with Crippen LogP contribution in [0.15, 0.2) is 22.9 Å². The summed E-state index contributed by atoms with van der Waals surface area (Å²) in [5.74, 6) is 1.43. The third-order valence-electron chi connectivity index (χ3n) is 4.33. The zero-order valence-corrected chi connectivity index (χ0v) is 14.3. The third kappa shape index (κ3) is 2.71. The van der Waals surface area contributed by atoms with Crippen LogP contribution in [0.25, 0.3) is 11.5 Å². The van der Waals surface area contributed by atoms with E-state index in [9.17, 15) is 8.42 Å². The fourth-order valence-electron chi connectivity index (χ4n) is 2.65. The molecule has 0 saturated heterocycles. The van der Waals surface area contributed by atoms with Crippen LogP contribution in [0.2, 0.25) is 0 Å². The van der Waals surface area contributed by atoms with E-state index >= 15 is 0 Å². The first kappa shape index (κ1) is 15.9. The minimum Gasteiger partial charge on any atom is -0.357 e. The van der Waals surface area contributed by atoms with Crippen molar-refractivity contribution >= 4 is 15.7 Å². The highest BCUT2D eigenvalue weighted by molar-refractivity contribution is 7.91. The SMILES string of the molecule is CCN(CC)c1ccc(-c2nc(C3(S(C)(=O)=O)CC3)no2)cn1. The predicted molar refractivity (Wildman–Crippen MR) is 86.8 cm³/mol. The Morgan fingerprint density at radius 2 is 1.96 bits per heavy atom. The molecular formula is C15H20N4O3S. The lowest BCUT2D eigenvalue weighted by molar-refractivity contribution is 0.419. The molecule has 0 aromatic carbocycles. The van der Waals surface area contributed by atoms with E-state index in [-0.39, 0.29) is 5.82 Å². The lowest BCUT2D eigenvalue weighted by Gasteiger charge is -2.19. The summed E-state index contributed by atoms with van der Waals surface area (Å²) >= 11 is 0. The second-order valence-electron chi connectivity index (χ2n) is 5.77. The van der Waals surface area contributed by atoms with Crippen molar-refractivity contribution in [2.45, 2.75) is 31.4 Å². The molecule has 0 spiro atoms. The fraction of sp³-hybridized carbons (Fsp3) is 0.533. The minimum absolute atomic E-state index is 0.253. The van der Waals surface area contributed by atoms with Gasteiger partial charge in [-0.25, -0.2) is 13.4 Å². The second-order valence-corrected chi connectivity index (χ2v) is 8.09. The Morgan fingerprint density at radius 3 is 2.43 bits per heavy atom. The Kier molecular flexibility index (Phi) is 3.87. The Morgan fingerprint density at radius 1 is 1.26 bits per heavy atom. The molecule has 1 aliphatic rings. The summed E-state index contributed by atoms with van der Waals surface area (Å²) in [6.07, 6.45) is 3.98. The summed E-state index contributed by atoms with van der Waals surface area (Å²) in [4.78, 5) is 10.8. The normalized spacial score (nSPS) is 16.3. The zero-order chi connectivity index (χ0) is 16.7. The Hall–Kier alpha value is -1.96. The molecule has 0 bridgehead atoms. The van der Waals surface area contributed by atoms with E-state index in [0.717, 1.165) is 18.9 Å². The summed E-state index contributed by atoms with van der Waals surface area (Å²) < 4.78 is 28.1. The molecule has 124 valence electrons. The van der Waals surface area contributed by atoms with Crippen molar-refractivity contribution in [3.05, 3.63) is 24.2 Å². The van der Waals surface area contributed by atoms with E-state index in [4.69, 9.17) is 4.52 Å². The molecule has 2 aromatic rings. The number of sulfone groups is 1. The highest BCUT2D eigenvalue weighted by Crippen LogP contribution is 2.51. The van der Waals surface area contributed by atoms with Crippen LogP contribution >= 0.6 is 0 Å². The minimum atomic E-state index is -3.25. The summed E-state index contributed by atoms with van der Waals surface area (Å²) in [6, 6.07) is 3.76. The summed E-state index contributed by atoms with van der Waals surface area (Å²) in [5.41, 5.74) is 0.684. The van der Waals surface area contributed by atoms with Crippen molar-refractivity contribution in [3.8, 4) is 11.5 Å². The molecule has 0 aliphatic heterocycles. The fourth-order valence-corrected chi connectivity index (χ4v) is 3.90. The first-order valence-corrected chi connectivity index (χ1v) is 9.55. The summed E-state index contributed by atoms with van der Waals surface area (Å²) in [6.45, 7) is 5.90. The van der Waals surface area contributed by atoms with Crippen molar-refractivity contribution in [1.29, 1.82) is 0 Å². The lowest BCUT2D eigenvalue weighted by atomic mass is 10.2. The summed E-state index contributed by atoms with van der Waals surface area (Å²) in [5, 5.41) is 3.88. The van der Waals surface area contributed by atoms with Crippen molar-refractivity contribution in [2.24, 2.45) is 0 Å². The van der Waals surface area contributed by atoms with Gasteiger partial charge in [0.1, 0.15) is 10.6 Å². The molecule has 1 fully saturated rings. The van der Waals surface area contributed by atoms with Gasteiger partial charge in [0.2, 0.25) is 0 Å². The molecule has 1 saturated carbocycles. The van der Waals surface area contributed by atoms with Gasteiger partial charge >= 0.3 is 0 Å². The molecule has 3 rings (SSSR count). The van der Waals surface area contributed by atoms with E-state index in [1.165, 1.54) is 6.26 Å². The van der Waals surface area contributed by atoms with Crippen molar-refractivity contribution in [2.75, 3.05) is 24.2 Å². The highest BCUT2D eigenvalue weighted by atomic mass is 32.2. The van der Waals surface area contributed by atoms with Gasteiger partial charge in [0.25, 0.3) is 5.89 Å². The molecule has 0 radical (unpaired) electrons. The maximum absolute atomic E-state index is 11.9. The molecule has 7 nitrogen and oxygen atoms in total. The first-order chi connectivity index (χ1) is 10.9. The van der Waals surface area contributed by atoms with Gasteiger partial charge in [0.15, 0.2) is 15.7 Å². The molecule has 23 heavy (non-hydrogen) atoms. The molecule has 0 unspecified atom stereocenters. The van der Waals surface area contributed by atoms with Crippen molar-refractivity contribution in [1.82, 2.24) is 15.1 Å². The molecule has 0 amide bonds. The largest absolute Gasteiger partial charge is 0.357 e. The number of anilines is 1. The molecule has 2 heterocycles. The zero-order valence-electron chi connectivity index (χ0n) is 13.5. The van der Waals surface area contributed by atoms with Gasteiger partial charge in [-0.1, -0.05) is 5.16 Å². The Labute approximate surface area is 135 Å². The van der Waals surface area contributed by atoms with Gasteiger partial charge in [-0.05, 0) is 38.8 Å². The molecule has 8 heteroatoms. The van der Waals surface area contributed by atoms with E-state index < -0.39 is 14.6 Å². The standard InChI is InChI=1S/C15H20N4O3S/c1-4-19(5-2)12-7-6-11(10-16-12)13-17-14(18-22-13)15(8-9-15)23(3,20)21/h6-7,10H,4-5,8-9H2,1-3H3. The van der Waals surface area contributed by atoms with Crippen molar-refractivity contribution in [3.63, 3.8) is 0 Å². The van der Waals surface area contributed by atoms with Crippen LogP contribution in [0.5, 0.6) is 0 Å². The van der Waals surface area contributed by atoms with Crippen LogP contribution in [0.1, 0.15) is 32.5 Å². The lowest BCUT2D eigenvalue weighted by Crippen LogP contribution is -2.22. The van der Waals surface area contributed by atoms with Crippen LogP contribution in [0, 0.1) is 0 Å². The van der Waals surface area contributed by atoms with Gasteiger partial charge in [-0.15, -0.1) is 0 Å². The van der Waals surface area contributed by atoms with Gasteiger partial charge < -0.3 is 9.42 Å². The molecule has 2 aromatic heterocycles. The third-order valence-corrected chi connectivity index (χ3v) is 6.34. The number of rotatable bonds is 6. The molecule has 0 atom stereocenters. The second kappa shape index (κ2) is 5.59. The number of hydrogen-bond donors (Lipinski definition) is 0. The van der Waals surface area contributed by atoms with Gasteiger partial charge in [-0.3, -0.25) is 0 Å². The highest BCUT2D eigenvalue weighted by Gasteiger charge is 2.57. The van der Waals surface area contributed by atoms with Crippen LogP contribution in [0.4, 0.5) is 5.82 Å². The number of nitrogens with zero attached hydrogens (tertiary/aromatic N) is 4. The van der Waals surface area contributed by atoms with Crippen LogP contribution in [0.3, 0.4) is 0 Å². The quantitative estimate of drug-likeness (QED) is 0.797. The Bertz CT molecular complexity index is 790. The molecule has 1 aliphatic carbocycles. The molecule has 0 N–H and O–H groups in total. The molecular weight excluding hydrogens is 316 g/mol. The predicted octanol–water partition coefficient (Wildman–Crippen LogP) is 2.01. The Balaban J connectivity index is 1.87. The van der Waals surface area contributed by atoms with Crippen LogP contribution in [-0.4, -0.2) is 42.9 Å². The van der Waals surface area contributed by atoms with Crippen LogP contribution in [-0.2, 0) is 14.6 Å². The van der Waals surface area contributed by atoms with Gasteiger partial charge in [0.05, 0.1) is 5.56 Å². The average molecular weight is 336 g/mol. The van der Waals surface area contributed by atoms with E-state index in [2.05, 4.69) is 33.9 Å². The number of hydrogen-bond acceptors (Lipinski definition) is 7. The monoisotopic (exact) mass is 336 g/mol. The average Bonchev–Trinajstić information content (AvgIpc) is 3.21. The maximum Gasteiger partial charge on any atom is 0.259 e. The first-order valence-electron chi connectivity index (χ1n) is 7.66. The number of aromatic nitrogens is 3. The van der Waals surface area contributed by atoms with E-state index in [0.29, 0.717) is 24.3 Å². The van der Waals surface area contributed by atoms with Crippen molar-refractivity contribution < 1.29 is 12.9 Å². The van der Waals surface area contributed by atoms with E-state index in [1.807, 2.05) is 12.1 Å². The smallest absolute Gasteiger partial charge is 0.259 e. The van der Waals surface area contributed by atoms with Gasteiger partial charge in [0, 0.05) is 25.5 Å². The van der Waals surface area contributed by atoms with E-state index in [1.54, 1.807) is 6.20 Å². The number of pyridine rings is 1. The topological polar surface area (TPSA) is 89.2 Å². The maximum atomic E-state index is 11.9.